The number of amides is 1. The zero-order valence-corrected chi connectivity index (χ0v) is 11.0. The van der Waals surface area contributed by atoms with Gasteiger partial charge in [-0.2, -0.15) is 0 Å². The molecule has 0 spiro atoms. The van der Waals surface area contributed by atoms with E-state index in [1.807, 2.05) is 13.0 Å². The normalized spacial score (nSPS) is 10.2. The van der Waals surface area contributed by atoms with Gasteiger partial charge in [0.25, 0.3) is 0 Å². The van der Waals surface area contributed by atoms with Crippen LogP contribution in [-0.4, -0.2) is 24.6 Å². The van der Waals surface area contributed by atoms with E-state index in [2.05, 4.69) is 26.2 Å². The van der Waals surface area contributed by atoms with Crippen LogP contribution in [0.25, 0.3) is 0 Å². The summed E-state index contributed by atoms with van der Waals surface area (Å²) in [6.07, 6.45) is 2.85. The van der Waals surface area contributed by atoms with E-state index < -0.39 is 0 Å². The van der Waals surface area contributed by atoms with E-state index in [1.165, 1.54) is 0 Å². The second-order valence-corrected chi connectivity index (χ2v) is 4.32. The van der Waals surface area contributed by atoms with Gasteiger partial charge in [-0.3, -0.25) is 4.79 Å². The molecule has 1 aromatic rings. The number of carbonyl (C=O) groups excluding carboxylic acids is 1. The van der Waals surface area contributed by atoms with Crippen LogP contribution in [0.4, 0.5) is 5.82 Å². The molecule has 88 valence electrons. The molecule has 0 saturated carbocycles. The predicted molar refractivity (Wildman–Crippen MR) is 66.4 cm³/mol. The van der Waals surface area contributed by atoms with Crippen LogP contribution in [0.15, 0.2) is 16.7 Å². The zero-order valence-electron chi connectivity index (χ0n) is 9.42. The highest BCUT2D eigenvalue weighted by Crippen LogP contribution is 2.17. The Balaban J connectivity index is 2.46. The average molecular weight is 287 g/mol. The lowest BCUT2D eigenvalue weighted by Gasteiger charge is -2.05. The molecule has 0 aromatic carbocycles. The number of hydrogen-bond donors (Lipinski definition) is 1. The number of halogens is 1. The molecule has 0 aliphatic carbocycles. The SMILES string of the molecule is COCCCC(=O)Nc1cc(C)c(Br)cn1. The Hall–Kier alpha value is -0.940. The summed E-state index contributed by atoms with van der Waals surface area (Å²) in [6.45, 7) is 2.55. The summed E-state index contributed by atoms with van der Waals surface area (Å²) < 4.78 is 5.81. The second kappa shape index (κ2) is 6.60. The Kier molecular flexibility index (Phi) is 5.42. The zero-order chi connectivity index (χ0) is 12.0. The fourth-order valence-electron chi connectivity index (χ4n) is 1.19. The monoisotopic (exact) mass is 286 g/mol. The molecule has 0 unspecified atom stereocenters. The van der Waals surface area contributed by atoms with Gasteiger partial charge in [0, 0.05) is 30.8 Å². The first-order chi connectivity index (χ1) is 7.63. The molecule has 0 bridgehead atoms. The summed E-state index contributed by atoms with van der Waals surface area (Å²) in [5, 5.41) is 2.74. The number of hydrogen-bond acceptors (Lipinski definition) is 3. The molecule has 0 radical (unpaired) electrons. The molecule has 16 heavy (non-hydrogen) atoms. The highest BCUT2D eigenvalue weighted by molar-refractivity contribution is 9.10. The Bertz CT molecular complexity index is 369. The number of rotatable bonds is 5. The van der Waals surface area contributed by atoms with E-state index in [9.17, 15) is 4.79 Å². The molecule has 1 N–H and O–H groups in total. The molecular formula is C11H15BrN2O2. The van der Waals surface area contributed by atoms with E-state index in [1.54, 1.807) is 13.3 Å². The molecule has 1 heterocycles. The first-order valence-corrected chi connectivity index (χ1v) is 5.83. The molecule has 1 amide bonds. The lowest BCUT2D eigenvalue weighted by atomic mass is 10.3. The van der Waals surface area contributed by atoms with Gasteiger partial charge in [0.2, 0.25) is 5.91 Å². The van der Waals surface area contributed by atoms with Gasteiger partial charge in [0.1, 0.15) is 5.82 Å². The predicted octanol–water partition coefficient (Wildman–Crippen LogP) is 2.52. The standard InChI is InChI=1S/C11H15BrN2O2/c1-8-6-10(13-7-9(8)12)14-11(15)4-3-5-16-2/h6-7H,3-5H2,1-2H3,(H,13,14,15). The number of ether oxygens (including phenoxy) is 1. The van der Waals surface area contributed by atoms with Crippen LogP contribution in [0.3, 0.4) is 0 Å². The second-order valence-electron chi connectivity index (χ2n) is 3.46. The smallest absolute Gasteiger partial charge is 0.225 e. The third kappa shape index (κ3) is 4.28. The number of aryl methyl sites for hydroxylation is 1. The van der Waals surface area contributed by atoms with Crippen molar-refractivity contribution in [1.29, 1.82) is 0 Å². The Morgan fingerprint density at radius 3 is 3.00 bits per heavy atom. The van der Waals surface area contributed by atoms with Gasteiger partial charge in [-0.1, -0.05) is 0 Å². The number of nitrogens with one attached hydrogen (secondary N) is 1. The van der Waals surface area contributed by atoms with Crippen molar-refractivity contribution in [2.45, 2.75) is 19.8 Å². The molecule has 0 aliphatic heterocycles. The van der Waals surface area contributed by atoms with Gasteiger partial charge in [-0.15, -0.1) is 0 Å². The Morgan fingerprint density at radius 1 is 1.62 bits per heavy atom. The number of methoxy groups -OCH3 is 1. The molecule has 1 rings (SSSR count). The number of nitrogens with zero attached hydrogens (tertiary/aromatic N) is 1. The third-order valence-corrected chi connectivity index (χ3v) is 2.90. The van der Waals surface area contributed by atoms with Gasteiger partial charge in [0.15, 0.2) is 0 Å². The summed E-state index contributed by atoms with van der Waals surface area (Å²) in [7, 11) is 1.62. The molecule has 5 heteroatoms. The first kappa shape index (κ1) is 13.1. The van der Waals surface area contributed by atoms with E-state index in [0.717, 1.165) is 16.5 Å². The van der Waals surface area contributed by atoms with Crippen LogP contribution < -0.4 is 5.32 Å². The topological polar surface area (TPSA) is 51.2 Å². The molecular weight excluding hydrogens is 272 g/mol. The van der Waals surface area contributed by atoms with Gasteiger partial charge in [-0.05, 0) is 40.9 Å². The number of carbonyl (C=O) groups is 1. The van der Waals surface area contributed by atoms with E-state index in [0.29, 0.717) is 18.8 Å². The molecule has 0 fully saturated rings. The summed E-state index contributed by atoms with van der Waals surface area (Å²) in [4.78, 5) is 15.6. The van der Waals surface area contributed by atoms with Crippen LogP contribution in [0.5, 0.6) is 0 Å². The molecule has 4 nitrogen and oxygen atoms in total. The maximum atomic E-state index is 11.5. The summed E-state index contributed by atoms with van der Waals surface area (Å²) in [6, 6.07) is 1.83. The van der Waals surface area contributed by atoms with Crippen molar-refractivity contribution < 1.29 is 9.53 Å². The summed E-state index contributed by atoms with van der Waals surface area (Å²) in [5.74, 6) is 0.550. The maximum Gasteiger partial charge on any atom is 0.225 e. The number of pyridine rings is 1. The van der Waals surface area contributed by atoms with Crippen molar-refractivity contribution in [1.82, 2.24) is 4.98 Å². The maximum absolute atomic E-state index is 11.5. The Labute approximate surface area is 104 Å². The Morgan fingerprint density at radius 2 is 2.38 bits per heavy atom. The van der Waals surface area contributed by atoms with E-state index in [4.69, 9.17) is 4.74 Å². The van der Waals surface area contributed by atoms with Crippen LogP contribution in [-0.2, 0) is 9.53 Å². The molecule has 1 aromatic heterocycles. The van der Waals surface area contributed by atoms with Crippen LogP contribution in [0.1, 0.15) is 18.4 Å². The van der Waals surface area contributed by atoms with Crippen molar-refractivity contribution in [3.8, 4) is 0 Å². The summed E-state index contributed by atoms with van der Waals surface area (Å²) in [5.41, 5.74) is 1.04. The van der Waals surface area contributed by atoms with Gasteiger partial charge < -0.3 is 10.1 Å². The highest BCUT2D eigenvalue weighted by Gasteiger charge is 2.04. The minimum absolute atomic E-state index is 0.0359. The van der Waals surface area contributed by atoms with Crippen molar-refractivity contribution in [2.24, 2.45) is 0 Å². The van der Waals surface area contributed by atoms with Crippen LogP contribution in [0.2, 0.25) is 0 Å². The molecule has 0 saturated heterocycles. The van der Waals surface area contributed by atoms with Crippen molar-refractivity contribution in [3.05, 3.63) is 22.3 Å². The number of anilines is 1. The minimum Gasteiger partial charge on any atom is -0.385 e. The van der Waals surface area contributed by atoms with Crippen molar-refractivity contribution in [2.75, 3.05) is 19.0 Å². The molecule has 0 aliphatic rings. The third-order valence-electron chi connectivity index (χ3n) is 2.07. The van der Waals surface area contributed by atoms with Gasteiger partial charge >= 0.3 is 0 Å². The lowest BCUT2D eigenvalue weighted by Crippen LogP contribution is -2.13. The van der Waals surface area contributed by atoms with Crippen molar-refractivity contribution in [3.63, 3.8) is 0 Å². The van der Waals surface area contributed by atoms with Gasteiger partial charge in [-0.25, -0.2) is 4.98 Å². The van der Waals surface area contributed by atoms with Crippen LogP contribution >= 0.6 is 15.9 Å². The van der Waals surface area contributed by atoms with Gasteiger partial charge in [0.05, 0.1) is 0 Å². The average Bonchev–Trinajstić information content (AvgIpc) is 2.24. The largest absolute Gasteiger partial charge is 0.385 e. The fourth-order valence-corrected chi connectivity index (χ4v) is 1.41. The number of aromatic nitrogens is 1. The van der Waals surface area contributed by atoms with E-state index in [-0.39, 0.29) is 5.91 Å². The highest BCUT2D eigenvalue weighted by atomic mass is 79.9. The quantitative estimate of drug-likeness (QED) is 0.847. The fraction of sp³-hybridized carbons (Fsp3) is 0.455. The molecule has 0 atom stereocenters. The van der Waals surface area contributed by atoms with E-state index >= 15 is 0 Å². The minimum atomic E-state index is -0.0359. The lowest BCUT2D eigenvalue weighted by molar-refractivity contribution is -0.116. The van der Waals surface area contributed by atoms with Crippen molar-refractivity contribution >= 4 is 27.7 Å². The first-order valence-electron chi connectivity index (χ1n) is 5.04. The van der Waals surface area contributed by atoms with Crippen LogP contribution in [0, 0.1) is 6.92 Å². The summed E-state index contributed by atoms with van der Waals surface area (Å²) >= 11 is 3.36.